The highest BCUT2D eigenvalue weighted by molar-refractivity contribution is 5.70. The largest absolute Gasteiger partial charge is 0.438 e. The molecule has 0 saturated carbocycles. The zero-order valence-corrected chi connectivity index (χ0v) is 11.4. The normalized spacial score (nSPS) is 11.0. The minimum atomic E-state index is -0.908. The van der Waals surface area contributed by atoms with E-state index in [1.54, 1.807) is 26.0 Å². The first kappa shape index (κ1) is 14.5. The van der Waals surface area contributed by atoms with Crippen LogP contribution in [0.25, 0.3) is 0 Å². The lowest BCUT2D eigenvalue weighted by Crippen LogP contribution is -2.27. The van der Waals surface area contributed by atoms with Crippen LogP contribution in [0, 0.1) is 10.1 Å². The zero-order chi connectivity index (χ0) is 15.5. The molecule has 0 unspecified atom stereocenters. The topological polar surface area (TPSA) is 96.5 Å². The zero-order valence-electron chi connectivity index (χ0n) is 11.4. The summed E-state index contributed by atoms with van der Waals surface area (Å²) in [5.41, 5.74) is -0.235. The van der Waals surface area contributed by atoms with Crippen LogP contribution in [-0.2, 0) is 10.3 Å². The van der Waals surface area contributed by atoms with E-state index in [1.807, 2.05) is 0 Å². The van der Waals surface area contributed by atoms with Gasteiger partial charge in [-0.05, 0) is 31.5 Å². The number of carbonyl (C=O) groups is 1. The Balaban J connectivity index is 2.11. The summed E-state index contributed by atoms with van der Waals surface area (Å²) >= 11 is 0. The standard InChI is InChI=1S/C13H13N3O5/c1-13(2,20-12(17)15-8-7-14-9-15)10-3-5-11(6-4-10)21-16(18)19/h3-9H,1-2H3. The van der Waals surface area contributed by atoms with Gasteiger partial charge in [0.2, 0.25) is 0 Å². The van der Waals surface area contributed by atoms with Crippen molar-refractivity contribution in [2.24, 2.45) is 0 Å². The summed E-state index contributed by atoms with van der Waals surface area (Å²) in [7, 11) is 0. The van der Waals surface area contributed by atoms with Gasteiger partial charge in [0.15, 0.2) is 0 Å². The van der Waals surface area contributed by atoms with Crippen molar-refractivity contribution in [1.82, 2.24) is 9.55 Å². The van der Waals surface area contributed by atoms with Crippen molar-refractivity contribution in [2.75, 3.05) is 0 Å². The first-order valence-corrected chi connectivity index (χ1v) is 6.03. The predicted octanol–water partition coefficient (Wildman–Crippen LogP) is 2.37. The molecule has 0 radical (unpaired) electrons. The summed E-state index contributed by atoms with van der Waals surface area (Å²) in [6, 6.07) is 6.07. The average molecular weight is 291 g/mol. The maximum atomic E-state index is 11.9. The Hall–Kier alpha value is -2.90. The third kappa shape index (κ3) is 3.56. The summed E-state index contributed by atoms with van der Waals surface area (Å²) in [6.07, 6.45) is 3.72. The number of benzene rings is 1. The smallest absolute Gasteiger partial charge is 0.420 e. The molecule has 0 aliphatic rings. The van der Waals surface area contributed by atoms with Gasteiger partial charge >= 0.3 is 6.09 Å². The number of hydrogen-bond donors (Lipinski definition) is 0. The molecule has 0 saturated heterocycles. The quantitative estimate of drug-likeness (QED) is 0.633. The van der Waals surface area contributed by atoms with Gasteiger partial charge in [0.25, 0.3) is 5.09 Å². The van der Waals surface area contributed by atoms with Crippen molar-refractivity contribution in [1.29, 1.82) is 0 Å². The van der Waals surface area contributed by atoms with Crippen LogP contribution < -0.4 is 4.84 Å². The van der Waals surface area contributed by atoms with Gasteiger partial charge in [0.1, 0.15) is 17.7 Å². The van der Waals surface area contributed by atoms with Crippen LogP contribution >= 0.6 is 0 Å². The lowest BCUT2D eigenvalue weighted by Gasteiger charge is -2.25. The predicted molar refractivity (Wildman–Crippen MR) is 71.2 cm³/mol. The molecular formula is C13H13N3O5. The van der Waals surface area contributed by atoms with Crippen LogP contribution in [-0.4, -0.2) is 20.7 Å². The molecule has 0 amide bonds. The summed E-state index contributed by atoms with van der Waals surface area (Å²) < 4.78 is 6.61. The second-order valence-corrected chi connectivity index (χ2v) is 4.69. The molecule has 21 heavy (non-hydrogen) atoms. The van der Waals surface area contributed by atoms with Crippen LogP contribution in [0.2, 0.25) is 0 Å². The molecule has 0 N–H and O–H groups in total. The Morgan fingerprint density at radius 3 is 2.52 bits per heavy atom. The van der Waals surface area contributed by atoms with Gasteiger partial charge in [-0.2, -0.15) is 0 Å². The third-order valence-electron chi connectivity index (χ3n) is 2.79. The van der Waals surface area contributed by atoms with Gasteiger partial charge in [-0.1, -0.05) is 12.1 Å². The van der Waals surface area contributed by atoms with Crippen LogP contribution in [0.5, 0.6) is 5.75 Å². The molecule has 0 bridgehead atoms. The molecule has 0 fully saturated rings. The van der Waals surface area contributed by atoms with Crippen molar-refractivity contribution in [3.8, 4) is 5.75 Å². The molecule has 1 aromatic heterocycles. The average Bonchev–Trinajstić information content (AvgIpc) is 2.92. The number of aromatic nitrogens is 2. The lowest BCUT2D eigenvalue weighted by atomic mass is 9.98. The van der Waals surface area contributed by atoms with Crippen molar-refractivity contribution in [3.05, 3.63) is 58.7 Å². The number of imidazole rings is 1. The Morgan fingerprint density at radius 1 is 1.33 bits per heavy atom. The molecule has 8 nitrogen and oxygen atoms in total. The molecule has 0 spiro atoms. The molecule has 1 heterocycles. The number of carbonyl (C=O) groups excluding carboxylic acids is 1. The molecule has 0 aliphatic heterocycles. The lowest BCUT2D eigenvalue weighted by molar-refractivity contribution is -0.711. The minimum Gasteiger partial charge on any atom is -0.438 e. The van der Waals surface area contributed by atoms with E-state index in [0.29, 0.717) is 5.56 Å². The van der Waals surface area contributed by atoms with E-state index in [0.717, 1.165) is 0 Å². The van der Waals surface area contributed by atoms with Gasteiger partial charge in [-0.3, -0.25) is 4.84 Å². The summed E-state index contributed by atoms with van der Waals surface area (Å²) in [5, 5.41) is 9.34. The molecule has 2 aromatic rings. The Labute approximate surface area is 120 Å². The van der Waals surface area contributed by atoms with E-state index in [9.17, 15) is 14.9 Å². The monoisotopic (exact) mass is 291 g/mol. The van der Waals surface area contributed by atoms with Crippen molar-refractivity contribution >= 4 is 6.09 Å². The van der Waals surface area contributed by atoms with Crippen LogP contribution in [0.4, 0.5) is 4.79 Å². The molecule has 1 aromatic carbocycles. The third-order valence-corrected chi connectivity index (χ3v) is 2.79. The number of hydrogen-bond acceptors (Lipinski definition) is 6. The van der Waals surface area contributed by atoms with Gasteiger partial charge in [-0.25, -0.2) is 14.3 Å². The molecule has 0 aliphatic carbocycles. The maximum Gasteiger partial charge on any atom is 0.420 e. The summed E-state index contributed by atoms with van der Waals surface area (Å²) in [6.45, 7) is 3.43. The highest BCUT2D eigenvalue weighted by Gasteiger charge is 2.26. The first-order valence-electron chi connectivity index (χ1n) is 6.03. The van der Waals surface area contributed by atoms with E-state index < -0.39 is 16.8 Å². The van der Waals surface area contributed by atoms with Crippen molar-refractivity contribution < 1.29 is 19.5 Å². The number of nitrogens with zero attached hydrogens (tertiary/aromatic N) is 3. The molecule has 110 valence electrons. The van der Waals surface area contributed by atoms with E-state index in [4.69, 9.17) is 4.74 Å². The highest BCUT2D eigenvalue weighted by Crippen LogP contribution is 2.27. The van der Waals surface area contributed by atoms with E-state index in [1.165, 1.54) is 35.4 Å². The summed E-state index contributed by atoms with van der Waals surface area (Å²) in [4.78, 5) is 30.2. The fraction of sp³-hybridized carbons (Fsp3) is 0.231. The minimum absolute atomic E-state index is 0.0977. The summed E-state index contributed by atoms with van der Waals surface area (Å²) in [5.74, 6) is 0.0977. The first-order chi connectivity index (χ1) is 9.88. The van der Waals surface area contributed by atoms with E-state index in [-0.39, 0.29) is 5.75 Å². The van der Waals surface area contributed by atoms with Crippen molar-refractivity contribution in [3.63, 3.8) is 0 Å². The fourth-order valence-electron chi connectivity index (χ4n) is 1.70. The second-order valence-electron chi connectivity index (χ2n) is 4.69. The molecule has 0 atom stereocenters. The van der Waals surface area contributed by atoms with Crippen LogP contribution in [0.1, 0.15) is 19.4 Å². The number of rotatable bonds is 4. The van der Waals surface area contributed by atoms with E-state index >= 15 is 0 Å². The Kier molecular flexibility index (Phi) is 3.88. The van der Waals surface area contributed by atoms with Crippen LogP contribution in [0.3, 0.4) is 0 Å². The fourth-order valence-corrected chi connectivity index (χ4v) is 1.70. The highest BCUT2D eigenvalue weighted by atomic mass is 17.0. The van der Waals surface area contributed by atoms with Gasteiger partial charge in [0.05, 0.1) is 0 Å². The molecular weight excluding hydrogens is 278 g/mol. The maximum absolute atomic E-state index is 11.9. The Morgan fingerprint density at radius 2 is 2.00 bits per heavy atom. The van der Waals surface area contributed by atoms with Gasteiger partial charge in [-0.15, -0.1) is 10.1 Å². The van der Waals surface area contributed by atoms with Gasteiger partial charge in [0, 0.05) is 12.4 Å². The Bertz CT molecular complexity index is 634. The number of ether oxygens (including phenoxy) is 1. The van der Waals surface area contributed by atoms with Gasteiger partial charge < -0.3 is 4.74 Å². The SMILES string of the molecule is CC(C)(OC(=O)n1ccnc1)c1ccc(O[N+](=O)[O-])cc1. The van der Waals surface area contributed by atoms with E-state index in [2.05, 4.69) is 9.82 Å². The van der Waals surface area contributed by atoms with Crippen LogP contribution in [0.15, 0.2) is 43.0 Å². The van der Waals surface area contributed by atoms with Crippen molar-refractivity contribution in [2.45, 2.75) is 19.4 Å². The molecule has 8 heteroatoms. The molecule has 2 rings (SSSR count). The second kappa shape index (κ2) is 5.61.